The molecule has 1 aliphatic rings. The predicted octanol–water partition coefficient (Wildman–Crippen LogP) is 3.40. The summed E-state index contributed by atoms with van der Waals surface area (Å²) in [5.74, 6) is 0.675. The van der Waals surface area contributed by atoms with Crippen molar-refractivity contribution in [2.24, 2.45) is 0 Å². The standard InChI is InChI=1S/C20H23NO3/c1-23-18-11-9-17(10-12-18)15-24-20(22)19-8-5-13-21(19)14-16-6-3-2-4-7-16/h2-4,6-7,9-12,19H,5,8,13-15H2,1H3/t19-/m1/s1. The van der Waals surface area contributed by atoms with E-state index in [2.05, 4.69) is 17.0 Å². The highest BCUT2D eigenvalue weighted by Gasteiger charge is 2.31. The van der Waals surface area contributed by atoms with Gasteiger partial charge in [0.15, 0.2) is 0 Å². The van der Waals surface area contributed by atoms with Gasteiger partial charge in [-0.2, -0.15) is 0 Å². The molecule has 0 aliphatic carbocycles. The second kappa shape index (κ2) is 7.97. The first kappa shape index (κ1) is 16.5. The number of ether oxygens (including phenoxy) is 2. The fourth-order valence-electron chi connectivity index (χ4n) is 3.07. The zero-order valence-corrected chi connectivity index (χ0v) is 14.0. The summed E-state index contributed by atoms with van der Waals surface area (Å²) in [6.07, 6.45) is 1.91. The van der Waals surface area contributed by atoms with Crippen molar-refractivity contribution in [3.8, 4) is 5.75 Å². The lowest BCUT2D eigenvalue weighted by molar-refractivity contribution is -0.150. The quantitative estimate of drug-likeness (QED) is 0.763. The first-order valence-electron chi connectivity index (χ1n) is 8.34. The van der Waals surface area contributed by atoms with Crippen LogP contribution in [0.15, 0.2) is 54.6 Å². The van der Waals surface area contributed by atoms with Crippen LogP contribution in [0, 0.1) is 0 Å². The van der Waals surface area contributed by atoms with Gasteiger partial charge in [-0.05, 0) is 42.6 Å². The largest absolute Gasteiger partial charge is 0.497 e. The molecule has 0 spiro atoms. The van der Waals surface area contributed by atoms with Crippen LogP contribution in [0.2, 0.25) is 0 Å². The van der Waals surface area contributed by atoms with Gasteiger partial charge >= 0.3 is 5.97 Å². The third-order valence-corrected chi connectivity index (χ3v) is 4.40. The van der Waals surface area contributed by atoms with Crippen LogP contribution in [0.4, 0.5) is 0 Å². The van der Waals surface area contributed by atoms with Crippen LogP contribution in [0.5, 0.6) is 5.75 Å². The van der Waals surface area contributed by atoms with Crippen molar-refractivity contribution >= 4 is 5.97 Å². The lowest BCUT2D eigenvalue weighted by Crippen LogP contribution is -2.36. The Morgan fingerprint density at radius 1 is 1.08 bits per heavy atom. The number of hydrogen-bond acceptors (Lipinski definition) is 4. The molecule has 0 N–H and O–H groups in total. The van der Waals surface area contributed by atoms with Crippen LogP contribution in [0.25, 0.3) is 0 Å². The van der Waals surface area contributed by atoms with Gasteiger partial charge in [0.25, 0.3) is 0 Å². The van der Waals surface area contributed by atoms with Crippen molar-refractivity contribution < 1.29 is 14.3 Å². The molecule has 24 heavy (non-hydrogen) atoms. The van der Waals surface area contributed by atoms with Gasteiger partial charge in [0.2, 0.25) is 0 Å². The molecular weight excluding hydrogens is 302 g/mol. The van der Waals surface area contributed by atoms with Gasteiger partial charge in [0.1, 0.15) is 18.4 Å². The van der Waals surface area contributed by atoms with E-state index in [0.717, 1.165) is 37.2 Å². The molecule has 0 amide bonds. The number of carbonyl (C=O) groups excluding carboxylic acids is 1. The zero-order valence-electron chi connectivity index (χ0n) is 14.0. The molecule has 1 heterocycles. The maximum absolute atomic E-state index is 12.5. The van der Waals surface area contributed by atoms with Crippen LogP contribution >= 0.6 is 0 Å². The van der Waals surface area contributed by atoms with E-state index in [-0.39, 0.29) is 12.0 Å². The number of benzene rings is 2. The molecule has 1 saturated heterocycles. The first-order chi connectivity index (χ1) is 11.8. The van der Waals surface area contributed by atoms with Gasteiger partial charge in [-0.25, -0.2) is 0 Å². The van der Waals surface area contributed by atoms with Crippen molar-refractivity contribution in [3.05, 3.63) is 65.7 Å². The third kappa shape index (κ3) is 4.15. The summed E-state index contributed by atoms with van der Waals surface area (Å²) in [6.45, 7) is 2.04. The number of methoxy groups -OCH3 is 1. The van der Waals surface area contributed by atoms with Crippen molar-refractivity contribution in [1.29, 1.82) is 0 Å². The summed E-state index contributed by atoms with van der Waals surface area (Å²) in [5.41, 5.74) is 2.20. The first-order valence-corrected chi connectivity index (χ1v) is 8.34. The van der Waals surface area contributed by atoms with Crippen LogP contribution in [-0.4, -0.2) is 30.6 Å². The molecule has 4 nitrogen and oxygen atoms in total. The van der Waals surface area contributed by atoms with Gasteiger partial charge < -0.3 is 9.47 Å². The second-order valence-electron chi connectivity index (χ2n) is 6.07. The molecule has 2 aromatic rings. The highest BCUT2D eigenvalue weighted by atomic mass is 16.5. The van der Waals surface area contributed by atoms with Crippen molar-refractivity contribution in [1.82, 2.24) is 4.90 Å². The SMILES string of the molecule is COc1ccc(COC(=O)[C@H]2CCCN2Cc2ccccc2)cc1. The van der Waals surface area contributed by atoms with Gasteiger partial charge in [-0.1, -0.05) is 42.5 Å². The van der Waals surface area contributed by atoms with Crippen molar-refractivity contribution in [3.63, 3.8) is 0 Å². The Kier molecular flexibility index (Phi) is 5.49. The van der Waals surface area contributed by atoms with Crippen LogP contribution < -0.4 is 4.74 Å². The molecule has 2 aromatic carbocycles. The summed E-state index contributed by atoms with van der Waals surface area (Å²) in [4.78, 5) is 14.7. The van der Waals surface area contributed by atoms with Crippen LogP contribution in [-0.2, 0) is 22.7 Å². The highest BCUT2D eigenvalue weighted by Crippen LogP contribution is 2.22. The molecule has 0 unspecified atom stereocenters. The molecule has 0 aromatic heterocycles. The van der Waals surface area contributed by atoms with Gasteiger partial charge in [-0.15, -0.1) is 0 Å². The lowest BCUT2D eigenvalue weighted by atomic mass is 10.2. The van der Waals surface area contributed by atoms with E-state index in [4.69, 9.17) is 9.47 Å². The molecule has 0 radical (unpaired) electrons. The Balaban J connectivity index is 1.55. The Hall–Kier alpha value is -2.33. The topological polar surface area (TPSA) is 38.8 Å². The molecule has 1 fully saturated rings. The van der Waals surface area contributed by atoms with Gasteiger partial charge in [-0.3, -0.25) is 9.69 Å². The lowest BCUT2D eigenvalue weighted by Gasteiger charge is -2.23. The molecule has 3 rings (SSSR count). The Bertz CT molecular complexity index is 654. The van der Waals surface area contributed by atoms with E-state index < -0.39 is 0 Å². The third-order valence-electron chi connectivity index (χ3n) is 4.40. The fourth-order valence-corrected chi connectivity index (χ4v) is 3.07. The molecule has 4 heteroatoms. The summed E-state index contributed by atoms with van der Waals surface area (Å²) >= 11 is 0. The van der Waals surface area contributed by atoms with Crippen molar-refractivity contribution in [2.45, 2.75) is 32.0 Å². The molecule has 1 aliphatic heterocycles. The van der Waals surface area contributed by atoms with Crippen LogP contribution in [0.1, 0.15) is 24.0 Å². The number of nitrogens with zero attached hydrogens (tertiary/aromatic N) is 1. The number of hydrogen-bond donors (Lipinski definition) is 0. The number of esters is 1. The Labute approximate surface area is 143 Å². The maximum atomic E-state index is 12.5. The van der Waals surface area contributed by atoms with E-state index in [1.54, 1.807) is 7.11 Å². The highest BCUT2D eigenvalue weighted by molar-refractivity contribution is 5.76. The zero-order chi connectivity index (χ0) is 16.8. The Morgan fingerprint density at radius 2 is 1.83 bits per heavy atom. The molecule has 126 valence electrons. The van der Waals surface area contributed by atoms with E-state index in [1.807, 2.05) is 42.5 Å². The Morgan fingerprint density at radius 3 is 2.54 bits per heavy atom. The molecule has 0 saturated carbocycles. The summed E-state index contributed by atoms with van der Waals surface area (Å²) in [5, 5.41) is 0. The van der Waals surface area contributed by atoms with Crippen molar-refractivity contribution in [2.75, 3.05) is 13.7 Å². The number of carbonyl (C=O) groups is 1. The van der Waals surface area contributed by atoms with Gasteiger partial charge in [0.05, 0.1) is 7.11 Å². The summed E-state index contributed by atoms with van der Waals surface area (Å²) in [7, 11) is 1.64. The fraction of sp³-hybridized carbons (Fsp3) is 0.350. The van der Waals surface area contributed by atoms with E-state index in [9.17, 15) is 4.79 Å². The summed E-state index contributed by atoms with van der Waals surface area (Å²) in [6, 6.07) is 17.7. The van der Waals surface area contributed by atoms with Gasteiger partial charge in [0, 0.05) is 6.54 Å². The molecule has 0 bridgehead atoms. The average Bonchev–Trinajstić information content (AvgIpc) is 3.09. The normalized spacial score (nSPS) is 17.6. The smallest absolute Gasteiger partial charge is 0.323 e. The van der Waals surface area contributed by atoms with E-state index in [1.165, 1.54) is 5.56 Å². The monoisotopic (exact) mass is 325 g/mol. The van der Waals surface area contributed by atoms with E-state index in [0.29, 0.717) is 6.61 Å². The maximum Gasteiger partial charge on any atom is 0.323 e. The molecule has 1 atom stereocenters. The number of likely N-dealkylation sites (tertiary alicyclic amines) is 1. The number of rotatable bonds is 6. The van der Waals surface area contributed by atoms with E-state index >= 15 is 0 Å². The minimum atomic E-state index is -0.136. The predicted molar refractivity (Wildman–Crippen MR) is 92.7 cm³/mol. The average molecular weight is 325 g/mol. The molecular formula is C20H23NO3. The summed E-state index contributed by atoms with van der Waals surface area (Å²) < 4.78 is 10.7. The minimum absolute atomic E-state index is 0.126. The van der Waals surface area contributed by atoms with Crippen LogP contribution in [0.3, 0.4) is 0 Å². The minimum Gasteiger partial charge on any atom is -0.497 e. The second-order valence-corrected chi connectivity index (χ2v) is 6.07.